The molecule has 1 amide bonds. The van der Waals surface area contributed by atoms with Gasteiger partial charge in [0.2, 0.25) is 0 Å². The first kappa shape index (κ1) is 18.9. The van der Waals surface area contributed by atoms with Crippen LogP contribution in [0.3, 0.4) is 0 Å². The van der Waals surface area contributed by atoms with Crippen molar-refractivity contribution in [3.05, 3.63) is 66.4 Å². The average molecular weight is 368 g/mol. The average Bonchev–Trinajstić information content (AvgIpc) is 3.08. The van der Waals surface area contributed by atoms with Crippen LogP contribution in [0.15, 0.2) is 60.8 Å². The minimum Gasteiger partial charge on any atom is -0.491 e. The third-order valence-electron chi connectivity index (χ3n) is 4.25. The number of hydrogen-bond acceptors (Lipinski definition) is 4. The number of rotatable bonds is 9. The molecule has 1 atom stereocenters. The summed E-state index contributed by atoms with van der Waals surface area (Å²) in [4.78, 5) is 12.6. The summed E-state index contributed by atoms with van der Waals surface area (Å²) in [5.74, 6) is 0.463. The zero-order valence-electron chi connectivity index (χ0n) is 15.3. The fourth-order valence-corrected chi connectivity index (χ4v) is 2.88. The number of fused-ring (bicyclic) bond motifs is 1. The van der Waals surface area contributed by atoms with Crippen molar-refractivity contribution in [2.75, 3.05) is 26.9 Å². The summed E-state index contributed by atoms with van der Waals surface area (Å²) in [6.45, 7) is 1.45. The van der Waals surface area contributed by atoms with Crippen LogP contribution < -0.4 is 10.1 Å². The Bertz CT molecular complexity index is 876. The van der Waals surface area contributed by atoms with Gasteiger partial charge in [-0.05, 0) is 18.2 Å². The number of carbonyl (C=O) groups excluding carboxylic acids is 1. The summed E-state index contributed by atoms with van der Waals surface area (Å²) in [6.07, 6.45) is 1.03. The van der Waals surface area contributed by atoms with E-state index in [1.807, 2.05) is 65.4 Å². The molecule has 3 rings (SSSR count). The minimum atomic E-state index is -0.795. The summed E-state index contributed by atoms with van der Waals surface area (Å²) in [7, 11) is 1.65. The summed E-state index contributed by atoms with van der Waals surface area (Å²) in [5.41, 5.74) is 1.56. The van der Waals surface area contributed by atoms with Gasteiger partial charge < -0.3 is 24.5 Å². The van der Waals surface area contributed by atoms with Crippen molar-refractivity contribution in [3.63, 3.8) is 0 Å². The van der Waals surface area contributed by atoms with Crippen molar-refractivity contribution >= 4 is 16.8 Å². The molecule has 6 heteroatoms. The molecule has 27 heavy (non-hydrogen) atoms. The number of methoxy groups -OCH3 is 1. The van der Waals surface area contributed by atoms with Crippen molar-refractivity contribution < 1.29 is 19.4 Å². The molecule has 0 aliphatic heterocycles. The van der Waals surface area contributed by atoms with Crippen LogP contribution in [0.2, 0.25) is 0 Å². The highest BCUT2D eigenvalue weighted by Gasteiger charge is 2.16. The van der Waals surface area contributed by atoms with E-state index in [2.05, 4.69) is 5.32 Å². The highest BCUT2D eigenvalue weighted by Crippen LogP contribution is 2.21. The Morgan fingerprint density at radius 3 is 2.67 bits per heavy atom. The van der Waals surface area contributed by atoms with Crippen LogP contribution in [0, 0.1) is 0 Å². The quantitative estimate of drug-likeness (QED) is 0.609. The Balaban J connectivity index is 1.60. The Kier molecular flexibility index (Phi) is 6.46. The Hall–Kier alpha value is -2.83. The fourth-order valence-electron chi connectivity index (χ4n) is 2.88. The summed E-state index contributed by atoms with van der Waals surface area (Å²) in [6, 6.07) is 17.0. The van der Waals surface area contributed by atoms with E-state index >= 15 is 0 Å². The maximum Gasteiger partial charge on any atom is 0.253 e. The first-order valence-corrected chi connectivity index (χ1v) is 8.90. The molecule has 0 saturated carbocycles. The fraction of sp³-hybridized carbons (Fsp3) is 0.286. The highest BCUT2D eigenvalue weighted by molar-refractivity contribution is 6.07. The molecule has 2 N–H and O–H groups in total. The minimum absolute atomic E-state index is 0.111. The molecule has 6 nitrogen and oxygen atoms in total. The number of carbonyl (C=O) groups is 1. The maximum absolute atomic E-state index is 12.6. The lowest BCUT2D eigenvalue weighted by Gasteiger charge is -2.13. The number of aliphatic hydroxyl groups excluding tert-OH is 1. The Labute approximate surface area is 158 Å². The zero-order chi connectivity index (χ0) is 19.1. The molecule has 0 aliphatic carbocycles. The van der Waals surface area contributed by atoms with Crippen LogP contribution in [0.25, 0.3) is 10.9 Å². The van der Waals surface area contributed by atoms with Gasteiger partial charge in [0, 0.05) is 37.3 Å². The Morgan fingerprint density at radius 1 is 1.15 bits per heavy atom. The van der Waals surface area contributed by atoms with Crippen LogP contribution in [0.4, 0.5) is 0 Å². The van der Waals surface area contributed by atoms with E-state index in [1.165, 1.54) is 0 Å². The number of hydrogen-bond donors (Lipinski definition) is 2. The van der Waals surface area contributed by atoms with Crippen molar-refractivity contribution in [2.24, 2.45) is 0 Å². The third-order valence-corrected chi connectivity index (χ3v) is 4.25. The lowest BCUT2D eigenvalue weighted by Crippen LogP contribution is -2.35. The van der Waals surface area contributed by atoms with Gasteiger partial charge in [-0.2, -0.15) is 0 Å². The SMILES string of the molecule is COCCn1cc(C(=O)NC[C@@H](O)COc2ccccc2)c2ccccc21. The molecule has 142 valence electrons. The second kappa shape index (κ2) is 9.21. The van der Waals surface area contributed by atoms with Gasteiger partial charge in [0.05, 0.1) is 12.2 Å². The van der Waals surface area contributed by atoms with Gasteiger partial charge in [-0.1, -0.05) is 36.4 Å². The topological polar surface area (TPSA) is 72.7 Å². The molecule has 1 heterocycles. The van der Waals surface area contributed by atoms with E-state index in [-0.39, 0.29) is 19.1 Å². The predicted octanol–water partition coefficient (Wildman–Crippen LogP) is 2.46. The molecule has 0 fully saturated rings. The molecule has 1 aromatic heterocycles. The molecular formula is C21H24N2O4. The van der Waals surface area contributed by atoms with Crippen molar-refractivity contribution in [3.8, 4) is 5.75 Å². The third kappa shape index (κ3) is 4.87. The van der Waals surface area contributed by atoms with E-state index in [0.717, 1.165) is 10.9 Å². The van der Waals surface area contributed by atoms with Crippen LogP contribution in [0.1, 0.15) is 10.4 Å². The number of para-hydroxylation sites is 2. The van der Waals surface area contributed by atoms with Gasteiger partial charge in [0.25, 0.3) is 5.91 Å². The van der Waals surface area contributed by atoms with E-state index in [9.17, 15) is 9.90 Å². The van der Waals surface area contributed by atoms with E-state index in [0.29, 0.717) is 24.5 Å². The zero-order valence-corrected chi connectivity index (χ0v) is 15.3. The monoisotopic (exact) mass is 368 g/mol. The number of nitrogens with zero attached hydrogens (tertiary/aromatic N) is 1. The summed E-state index contributed by atoms with van der Waals surface area (Å²) in [5, 5.41) is 13.7. The largest absolute Gasteiger partial charge is 0.491 e. The highest BCUT2D eigenvalue weighted by atomic mass is 16.5. The molecule has 0 saturated heterocycles. The summed E-state index contributed by atoms with van der Waals surface area (Å²) < 4.78 is 12.6. The number of aliphatic hydroxyl groups is 1. The van der Waals surface area contributed by atoms with Crippen LogP contribution >= 0.6 is 0 Å². The molecule has 0 bridgehead atoms. The van der Waals surface area contributed by atoms with Crippen LogP contribution in [-0.4, -0.2) is 48.6 Å². The second-order valence-electron chi connectivity index (χ2n) is 6.23. The van der Waals surface area contributed by atoms with Crippen LogP contribution in [-0.2, 0) is 11.3 Å². The van der Waals surface area contributed by atoms with E-state index in [1.54, 1.807) is 7.11 Å². The molecular weight excluding hydrogens is 344 g/mol. The standard InChI is InChI=1S/C21H24N2O4/c1-26-12-11-23-14-19(18-9-5-6-10-20(18)23)21(25)22-13-16(24)15-27-17-7-3-2-4-8-17/h2-10,14,16,24H,11-13,15H2,1H3,(H,22,25)/t16-/m1/s1. The Morgan fingerprint density at radius 2 is 1.89 bits per heavy atom. The van der Waals surface area contributed by atoms with Gasteiger partial charge >= 0.3 is 0 Å². The van der Waals surface area contributed by atoms with Crippen molar-refractivity contribution in [1.82, 2.24) is 9.88 Å². The van der Waals surface area contributed by atoms with Gasteiger partial charge in [-0.3, -0.25) is 4.79 Å². The van der Waals surface area contributed by atoms with Gasteiger partial charge in [0.1, 0.15) is 18.5 Å². The van der Waals surface area contributed by atoms with Crippen molar-refractivity contribution in [1.29, 1.82) is 0 Å². The molecule has 0 unspecified atom stereocenters. The van der Waals surface area contributed by atoms with Crippen molar-refractivity contribution in [2.45, 2.75) is 12.6 Å². The normalized spacial score (nSPS) is 12.1. The molecule has 3 aromatic rings. The van der Waals surface area contributed by atoms with Gasteiger partial charge in [-0.15, -0.1) is 0 Å². The second-order valence-corrected chi connectivity index (χ2v) is 6.23. The number of benzene rings is 2. The first-order valence-electron chi connectivity index (χ1n) is 8.90. The van der Waals surface area contributed by atoms with E-state index in [4.69, 9.17) is 9.47 Å². The van der Waals surface area contributed by atoms with Gasteiger partial charge in [0.15, 0.2) is 0 Å². The van der Waals surface area contributed by atoms with Gasteiger partial charge in [-0.25, -0.2) is 0 Å². The lowest BCUT2D eigenvalue weighted by molar-refractivity contribution is 0.0845. The smallest absolute Gasteiger partial charge is 0.253 e. The van der Waals surface area contributed by atoms with E-state index < -0.39 is 6.10 Å². The number of amides is 1. The summed E-state index contributed by atoms with van der Waals surface area (Å²) >= 11 is 0. The number of aromatic nitrogens is 1. The molecule has 0 spiro atoms. The lowest BCUT2D eigenvalue weighted by atomic mass is 10.1. The number of ether oxygens (including phenoxy) is 2. The molecule has 2 aromatic carbocycles. The maximum atomic E-state index is 12.6. The first-order chi connectivity index (χ1) is 13.2. The number of nitrogens with one attached hydrogen (secondary N) is 1. The molecule has 0 radical (unpaired) electrons. The predicted molar refractivity (Wildman–Crippen MR) is 104 cm³/mol. The molecule has 0 aliphatic rings. The van der Waals surface area contributed by atoms with Crippen LogP contribution in [0.5, 0.6) is 5.75 Å².